The summed E-state index contributed by atoms with van der Waals surface area (Å²) in [6.45, 7) is 1.95. The minimum atomic E-state index is 0.00691. The van der Waals surface area contributed by atoms with Crippen LogP contribution in [-0.4, -0.2) is 10.1 Å². The fourth-order valence-corrected chi connectivity index (χ4v) is 2.54. The van der Waals surface area contributed by atoms with Gasteiger partial charge < -0.3 is 9.84 Å². The molecule has 1 aliphatic rings. The van der Waals surface area contributed by atoms with Crippen LogP contribution in [0.2, 0.25) is 0 Å². The molecule has 1 aromatic carbocycles. The third-order valence-corrected chi connectivity index (χ3v) is 3.55. The van der Waals surface area contributed by atoms with Crippen LogP contribution >= 0.6 is 0 Å². The highest BCUT2D eigenvalue weighted by atomic mass is 16.5. The Kier molecular flexibility index (Phi) is 3.22. The third kappa shape index (κ3) is 2.47. The lowest BCUT2D eigenvalue weighted by atomic mass is 10.1. The van der Waals surface area contributed by atoms with Crippen LogP contribution in [0.3, 0.4) is 0 Å². The number of aliphatic hydroxyl groups is 1. The Bertz CT molecular complexity index is 608. The maximum Gasteiger partial charge on any atom is 0.222 e. The van der Waals surface area contributed by atoms with Crippen molar-refractivity contribution in [1.29, 1.82) is 0 Å². The second-order valence-electron chi connectivity index (χ2n) is 5.01. The molecule has 0 saturated carbocycles. The largest absolute Gasteiger partial charge is 0.439 e. The average Bonchev–Trinajstić information content (AvgIpc) is 2.88. The summed E-state index contributed by atoms with van der Waals surface area (Å²) in [6, 6.07) is 8.17. The van der Waals surface area contributed by atoms with Gasteiger partial charge in [-0.05, 0) is 61.1 Å². The molecule has 1 aliphatic carbocycles. The zero-order chi connectivity index (χ0) is 13.2. The van der Waals surface area contributed by atoms with Crippen molar-refractivity contribution in [2.75, 3.05) is 0 Å². The van der Waals surface area contributed by atoms with Gasteiger partial charge in [0.15, 0.2) is 0 Å². The molecule has 1 aromatic heterocycles. The second-order valence-corrected chi connectivity index (χ2v) is 5.01. The second kappa shape index (κ2) is 5.02. The van der Waals surface area contributed by atoms with Crippen molar-refractivity contribution >= 4 is 0 Å². The van der Waals surface area contributed by atoms with E-state index in [1.807, 2.05) is 19.1 Å². The van der Waals surface area contributed by atoms with Gasteiger partial charge in [-0.25, -0.2) is 4.98 Å². The Hall–Kier alpha value is -1.87. The molecule has 3 rings (SSSR count). The molecule has 0 bridgehead atoms. The molecular formula is C16H17NO2. The summed E-state index contributed by atoms with van der Waals surface area (Å²) in [6.07, 6.45) is 5.21. The van der Waals surface area contributed by atoms with E-state index in [1.165, 1.54) is 24.0 Å². The summed E-state index contributed by atoms with van der Waals surface area (Å²) in [5.41, 5.74) is 4.57. The molecule has 3 nitrogen and oxygen atoms in total. The fraction of sp³-hybridized carbons (Fsp3) is 0.312. The first-order chi connectivity index (χ1) is 9.26. The lowest BCUT2D eigenvalue weighted by Gasteiger charge is -2.09. The highest BCUT2D eigenvalue weighted by Crippen LogP contribution is 2.29. The Morgan fingerprint density at radius 3 is 2.84 bits per heavy atom. The van der Waals surface area contributed by atoms with Crippen molar-refractivity contribution in [1.82, 2.24) is 4.98 Å². The van der Waals surface area contributed by atoms with Crippen molar-refractivity contribution in [2.24, 2.45) is 0 Å². The van der Waals surface area contributed by atoms with Crippen molar-refractivity contribution in [3.63, 3.8) is 0 Å². The van der Waals surface area contributed by atoms with Crippen LogP contribution in [-0.2, 0) is 19.4 Å². The molecule has 1 N–H and O–H groups in total. The van der Waals surface area contributed by atoms with Gasteiger partial charge in [0.1, 0.15) is 5.75 Å². The first kappa shape index (κ1) is 12.2. The highest BCUT2D eigenvalue weighted by Gasteiger charge is 2.12. The van der Waals surface area contributed by atoms with Crippen molar-refractivity contribution < 1.29 is 9.84 Å². The Morgan fingerprint density at radius 1 is 1.21 bits per heavy atom. The maximum absolute atomic E-state index is 9.07. The number of benzene rings is 1. The van der Waals surface area contributed by atoms with E-state index < -0.39 is 0 Å². The summed E-state index contributed by atoms with van der Waals surface area (Å²) in [5, 5.41) is 9.07. The number of hydrogen-bond donors (Lipinski definition) is 1. The van der Waals surface area contributed by atoms with E-state index in [0.29, 0.717) is 5.88 Å². The van der Waals surface area contributed by atoms with Crippen molar-refractivity contribution in [2.45, 2.75) is 32.8 Å². The van der Waals surface area contributed by atoms with Gasteiger partial charge >= 0.3 is 0 Å². The van der Waals surface area contributed by atoms with Gasteiger partial charge in [-0.1, -0.05) is 6.07 Å². The van der Waals surface area contributed by atoms with Crippen molar-refractivity contribution in [3.05, 3.63) is 52.7 Å². The number of nitrogens with zero attached hydrogens (tertiary/aromatic N) is 1. The van der Waals surface area contributed by atoms with E-state index in [4.69, 9.17) is 9.84 Å². The molecule has 0 radical (unpaired) electrons. The molecular weight excluding hydrogens is 238 g/mol. The minimum Gasteiger partial charge on any atom is -0.439 e. The van der Waals surface area contributed by atoms with E-state index in [9.17, 15) is 0 Å². The van der Waals surface area contributed by atoms with Gasteiger partial charge in [-0.15, -0.1) is 0 Å². The van der Waals surface area contributed by atoms with E-state index in [2.05, 4.69) is 17.1 Å². The number of pyridine rings is 1. The Morgan fingerprint density at radius 2 is 2.05 bits per heavy atom. The predicted molar refractivity (Wildman–Crippen MR) is 73.4 cm³/mol. The molecule has 0 fully saturated rings. The standard InChI is InChI=1S/C16H17NO2/c1-11-7-12(10-18)9-17-16(11)19-15-6-5-13-3-2-4-14(13)8-15/h5-9,18H,2-4,10H2,1H3. The molecule has 98 valence electrons. The average molecular weight is 255 g/mol. The van der Waals surface area contributed by atoms with Gasteiger partial charge in [0.2, 0.25) is 5.88 Å². The number of aromatic nitrogens is 1. The smallest absolute Gasteiger partial charge is 0.222 e. The summed E-state index contributed by atoms with van der Waals surface area (Å²) in [4.78, 5) is 4.26. The number of ether oxygens (including phenoxy) is 1. The molecule has 0 aliphatic heterocycles. The van der Waals surface area contributed by atoms with Crippen LogP contribution in [0.4, 0.5) is 0 Å². The summed E-state index contributed by atoms with van der Waals surface area (Å²) >= 11 is 0. The molecule has 19 heavy (non-hydrogen) atoms. The number of fused-ring (bicyclic) bond motifs is 1. The van der Waals surface area contributed by atoms with Gasteiger partial charge in [-0.2, -0.15) is 0 Å². The topological polar surface area (TPSA) is 42.4 Å². The lowest BCUT2D eigenvalue weighted by Crippen LogP contribution is -1.95. The zero-order valence-corrected chi connectivity index (χ0v) is 11.0. The van der Waals surface area contributed by atoms with Crippen LogP contribution in [0.25, 0.3) is 0 Å². The van der Waals surface area contributed by atoms with Crippen molar-refractivity contribution in [3.8, 4) is 11.6 Å². The van der Waals surface area contributed by atoms with E-state index >= 15 is 0 Å². The van der Waals surface area contributed by atoms with E-state index in [-0.39, 0.29) is 6.61 Å². The maximum atomic E-state index is 9.07. The Balaban J connectivity index is 1.85. The van der Waals surface area contributed by atoms with Crippen LogP contribution in [0, 0.1) is 6.92 Å². The molecule has 3 heteroatoms. The number of aliphatic hydroxyl groups excluding tert-OH is 1. The van der Waals surface area contributed by atoms with Crippen LogP contribution in [0.5, 0.6) is 11.6 Å². The van der Waals surface area contributed by atoms with Crippen LogP contribution < -0.4 is 4.74 Å². The lowest BCUT2D eigenvalue weighted by molar-refractivity contribution is 0.281. The van der Waals surface area contributed by atoms with Gasteiger partial charge in [0, 0.05) is 11.8 Å². The first-order valence-electron chi connectivity index (χ1n) is 6.62. The SMILES string of the molecule is Cc1cc(CO)cnc1Oc1ccc2c(c1)CCC2. The number of hydrogen-bond acceptors (Lipinski definition) is 3. The molecule has 2 aromatic rings. The highest BCUT2D eigenvalue weighted by molar-refractivity contribution is 5.41. The van der Waals surface area contributed by atoms with Crippen LogP contribution in [0.15, 0.2) is 30.5 Å². The summed E-state index contributed by atoms with van der Waals surface area (Å²) in [5.74, 6) is 1.45. The predicted octanol–water partition coefficient (Wildman–Crippen LogP) is 3.16. The van der Waals surface area contributed by atoms with E-state index in [1.54, 1.807) is 6.20 Å². The van der Waals surface area contributed by atoms with Gasteiger partial charge in [0.25, 0.3) is 0 Å². The molecule has 0 amide bonds. The fourth-order valence-electron chi connectivity index (χ4n) is 2.54. The summed E-state index contributed by atoms with van der Waals surface area (Å²) in [7, 11) is 0. The number of aryl methyl sites for hydroxylation is 3. The normalized spacial score (nSPS) is 13.4. The minimum absolute atomic E-state index is 0.00691. The number of rotatable bonds is 3. The molecule has 0 saturated heterocycles. The summed E-state index contributed by atoms with van der Waals surface area (Å²) < 4.78 is 5.84. The zero-order valence-electron chi connectivity index (χ0n) is 11.0. The monoisotopic (exact) mass is 255 g/mol. The van der Waals surface area contributed by atoms with Crippen LogP contribution in [0.1, 0.15) is 28.7 Å². The molecule has 0 spiro atoms. The molecule has 1 heterocycles. The molecule has 0 atom stereocenters. The molecule has 0 unspecified atom stereocenters. The van der Waals surface area contributed by atoms with Gasteiger partial charge in [-0.3, -0.25) is 0 Å². The van der Waals surface area contributed by atoms with Gasteiger partial charge in [0.05, 0.1) is 6.61 Å². The quantitative estimate of drug-likeness (QED) is 0.916. The van der Waals surface area contributed by atoms with E-state index in [0.717, 1.165) is 23.3 Å². The first-order valence-corrected chi connectivity index (χ1v) is 6.62. The Labute approximate surface area is 112 Å². The third-order valence-electron chi connectivity index (χ3n) is 3.55.